The topological polar surface area (TPSA) is 124 Å². The van der Waals surface area contributed by atoms with Gasteiger partial charge in [-0.15, -0.1) is 0 Å². The molecule has 0 aliphatic heterocycles. The van der Waals surface area contributed by atoms with Crippen LogP contribution in [0, 0.1) is 13.8 Å². The molecule has 0 saturated heterocycles. The summed E-state index contributed by atoms with van der Waals surface area (Å²) in [6, 6.07) is 0. The van der Waals surface area contributed by atoms with Crippen LogP contribution >= 0.6 is 15.6 Å². The predicted octanol–water partition coefficient (Wildman–Crippen LogP) is 3.74. The molecule has 1 aromatic rings. The Labute approximate surface area is 149 Å². The zero-order chi connectivity index (χ0) is 20.0. The normalized spacial score (nSPS) is 11.9. The first-order chi connectivity index (χ1) is 11.3. The molecule has 146 valence electrons. The van der Waals surface area contributed by atoms with E-state index in [4.69, 9.17) is 19.6 Å². The van der Waals surface area contributed by atoms with Crippen LogP contribution in [-0.2, 0) is 39.1 Å². The lowest BCUT2D eigenvalue weighted by molar-refractivity contribution is 0.225. The summed E-state index contributed by atoms with van der Waals surface area (Å²) in [5, 5.41) is 0. The van der Waals surface area contributed by atoms with Gasteiger partial charge in [-0.2, -0.15) is 4.31 Å². The van der Waals surface area contributed by atoms with Gasteiger partial charge in [-0.3, -0.25) is 0 Å². The van der Waals surface area contributed by atoms with E-state index in [2.05, 4.69) is 45.9 Å². The van der Waals surface area contributed by atoms with Gasteiger partial charge in [-0.1, -0.05) is 27.7 Å². The molecule has 0 atom stereocenters. The van der Waals surface area contributed by atoms with Crippen LogP contribution in [0.1, 0.15) is 61.1 Å². The van der Waals surface area contributed by atoms with E-state index < -0.39 is 15.6 Å². The van der Waals surface area contributed by atoms with Gasteiger partial charge in [0.05, 0.1) is 0 Å². The molecule has 0 saturated carbocycles. The molecule has 1 aromatic carbocycles. The Morgan fingerprint density at radius 3 is 0.920 bits per heavy atom. The quantitative estimate of drug-likeness (QED) is 0.540. The van der Waals surface area contributed by atoms with Gasteiger partial charge in [0.15, 0.2) is 0 Å². The van der Waals surface area contributed by atoms with Crippen molar-refractivity contribution in [2.24, 2.45) is 0 Å². The fourth-order valence-electron chi connectivity index (χ4n) is 3.32. The van der Waals surface area contributed by atoms with Crippen molar-refractivity contribution in [1.29, 1.82) is 0 Å². The number of hydrogen-bond donors (Lipinski definition) is 4. The van der Waals surface area contributed by atoms with E-state index in [0.717, 1.165) is 0 Å². The van der Waals surface area contributed by atoms with Gasteiger partial charge < -0.3 is 19.6 Å². The van der Waals surface area contributed by atoms with Crippen molar-refractivity contribution in [1.82, 2.24) is 0 Å². The predicted molar refractivity (Wildman–Crippen MR) is 98.6 cm³/mol. The van der Waals surface area contributed by atoms with Crippen LogP contribution in [0.15, 0.2) is 0 Å². The minimum atomic E-state index is -5.05. The lowest BCUT2D eigenvalue weighted by Crippen LogP contribution is -2.08. The molecule has 0 unspecified atom stereocenters. The summed E-state index contributed by atoms with van der Waals surface area (Å²) < 4.78 is 22.2. The van der Waals surface area contributed by atoms with E-state index in [0.29, 0.717) is 0 Å². The van der Waals surface area contributed by atoms with Crippen LogP contribution in [0.4, 0.5) is 0 Å². The van der Waals surface area contributed by atoms with Crippen molar-refractivity contribution in [3.63, 3.8) is 0 Å². The fourth-order valence-corrected chi connectivity index (χ4v) is 4.43. The van der Waals surface area contributed by atoms with Crippen LogP contribution < -0.4 is 0 Å². The third-order valence-electron chi connectivity index (χ3n) is 4.17. The third-order valence-corrected chi connectivity index (χ3v) is 5.87. The summed E-state index contributed by atoms with van der Waals surface area (Å²) in [4.78, 5) is 31.0. The van der Waals surface area contributed by atoms with Crippen LogP contribution in [-0.4, -0.2) is 19.6 Å². The third kappa shape index (κ3) is 7.71. The number of hydrogen-bond acceptors (Lipinski definition) is 3. The van der Waals surface area contributed by atoms with Gasteiger partial charge in [0.2, 0.25) is 0 Å². The Kier molecular flexibility index (Phi) is 9.77. The average molecular weight is 396 g/mol. The van der Waals surface area contributed by atoms with Crippen molar-refractivity contribution < 1.29 is 33.0 Å². The summed E-state index contributed by atoms with van der Waals surface area (Å²) in [6.45, 7) is 13.8. The first-order valence-electron chi connectivity index (χ1n) is 8.27. The van der Waals surface area contributed by atoms with E-state index in [-0.39, 0.29) is 0 Å². The van der Waals surface area contributed by atoms with E-state index in [1.54, 1.807) is 33.4 Å². The minimum absolute atomic E-state index is 1.17. The second kappa shape index (κ2) is 9.98. The smallest absolute Gasteiger partial charge is 0.302 e. The second-order valence-electron chi connectivity index (χ2n) is 5.64. The molecule has 7 nitrogen and oxygen atoms in total. The molecule has 25 heavy (non-hydrogen) atoms. The first-order valence-corrected chi connectivity index (χ1v) is 11.3. The maximum Gasteiger partial charge on any atom is 0.478 e. The van der Waals surface area contributed by atoms with E-state index in [1.807, 2.05) is 0 Å². The van der Waals surface area contributed by atoms with Gasteiger partial charge in [0.1, 0.15) is 0 Å². The van der Waals surface area contributed by atoms with Crippen molar-refractivity contribution in [3.05, 3.63) is 33.4 Å². The maximum absolute atomic E-state index is 9.63. The fraction of sp³-hybridized carbons (Fsp3) is 0.625. The molecule has 4 N–H and O–H groups in total. The highest BCUT2D eigenvalue weighted by Gasteiger charge is 2.27. The number of rotatable bonds is 6. The van der Waals surface area contributed by atoms with E-state index >= 15 is 0 Å². The van der Waals surface area contributed by atoms with Crippen LogP contribution in [0.5, 0.6) is 0 Å². The van der Waals surface area contributed by atoms with Gasteiger partial charge in [0, 0.05) is 0 Å². The largest absolute Gasteiger partial charge is 0.478 e. The molecular formula is C16H30O7P2. The van der Waals surface area contributed by atoms with Crippen molar-refractivity contribution >= 4 is 15.6 Å². The van der Waals surface area contributed by atoms with E-state index in [1.165, 1.54) is 25.7 Å². The Balaban J connectivity index is 0.000000547. The lowest BCUT2D eigenvalue weighted by Gasteiger charge is -2.22. The Bertz CT molecular complexity index is 584. The van der Waals surface area contributed by atoms with Gasteiger partial charge in [0.25, 0.3) is 0 Å². The van der Waals surface area contributed by atoms with Crippen LogP contribution in [0.2, 0.25) is 0 Å². The minimum Gasteiger partial charge on any atom is -0.302 e. The summed E-state index contributed by atoms with van der Waals surface area (Å²) in [7, 11) is -10.1. The van der Waals surface area contributed by atoms with Crippen LogP contribution in [0.3, 0.4) is 0 Å². The molecule has 0 bridgehead atoms. The molecule has 0 aliphatic carbocycles. The SMILES string of the molecule is CCc1c(C)c(CC)c(CC)c(C)c1CC.O=P(O)(O)OP(=O)(O)O. The molecular weight excluding hydrogens is 366 g/mol. The highest BCUT2D eigenvalue weighted by molar-refractivity contribution is 7.60. The molecule has 0 aromatic heterocycles. The second-order valence-corrected chi connectivity index (χ2v) is 8.26. The number of benzene rings is 1. The highest BCUT2D eigenvalue weighted by atomic mass is 31.3. The van der Waals surface area contributed by atoms with Crippen molar-refractivity contribution in [2.75, 3.05) is 0 Å². The van der Waals surface area contributed by atoms with Crippen LogP contribution in [0.25, 0.3) is 0 Å². The summed E-state index contributed by atoms with van der Waals surface area (Å²) in [5.41, 5.74) is 9.54. The molecule has 0 aliphatic rings. The Morgan fingerprint density at radius 1 is 0.640 bits per heavy atom. The van der Waals surface area contributed by atoms with Crippen molar-refractivity contribution in [3.8, 4) is 0 Å². The standard InChI is InChI=1S/C16H26.H4O7P2/c1-7-13-11(5)15(9-3)16(10-4)12(6)14(13)8-2;1-8(2,3)7-9(4,5)6/h7-10H2,1-6H3;(H2,1,2,3)(H2,4,5,6). The Hall–Kier alpha value is -0.520. The highest BCUT2D eigenvalue weighted by Crippen LogP contribution is 2.53. The first kappa shape index (κ1) is 24.5. The lowest BCUT2D eigenvalue weighted by atomic mass is 9.84. The molecule has 1 rings (SSSR count). The zero-order valence-corrected chi connectivity index (χ0v) is 17.5. The Morgan fingerprint density at radius 2 is 0.840 bits per heavy atom. The summed E-state index contributed by atoms with van der Waals surface area (Å²) in [5.74, 6) is 0. The number of phosphoric acid groups is 2. The van der Waals surface area contributed by atoms with Crippen molar-refractivity contribution in [2.45, 2.75) is 67.2 Å². The molecule has 0 heterocycles. The van der Waals surface area contributed by atoms with Gasteiger partial charge in [-0.05, 0) is 72.9 Å². The zero-order valence-electron chi connectivity index (χ0n) is 15.7. The molecule has 0 radical (unpaired) electrons. The monoisotopic (exact) mass is 396 g/mol. The molecule has 0 fully saturated rings. The molecule has 0 amide bonds. The van der Waals surface area contributed by atoms with E-state index in [9.17, 15) is 9.13 Å². The van der Waals surface area contributed by atoms with Gasteiger partial charge in [-0.25, -0.2) is 9.13 Å². The average Bonchev–Trinajstić information content (AvgIpc) is 2.45. The van der Waals surface area contributed by atoms with Gasteiger partial charge >= 0.3 is 15.6 Å². The molecule has 9 heteroatoms. The summed E-state index contributed by atoms with van der Waals surface area (Å²) in [6.07, 6.45) is 4.69. The molecule has 0 spiro atoms. The maximum atomic E-state index is 9.63. The summed E-state index contributed by atoms with van der Waals surface area (Å²) >= 11 is 0.